The Kier molecular flexibility index (Phi) is 2.65. The number of nitrogens with one attached hydrogen (secondary N) is 1. The van der Waals surface area contributed by atoms with Gasteiger partial charge >= 0.3 is 0 Å². The van der Waals surface area contributed by atoms with Crippen LogP contribution >= 0.6 is 12.2 Å². The number of hydrogen-bond donors (Lipinski definition) is 2. The number of aliphatic hydroxyl groups is 1. The Labute approximate surface area is 125 Å². The Morgan fingerprint density at radius 1 is 1.43 bits per heavy atom. The first-order valence-corrected chi connectivity index (χ1v) is 7.35. The molecule has 1 aliphatic carbocycles. The van der Waals surface area contributed by atoms with Crippen LogP contribution in [-0.2, 0) is 18.4 Å². The third kappa shape index (κ3) is 1.69. The highest BCUT2D eigenvalue weighted by atomic mass is 32.1. The van der Waals surface area contributed by atoms with E-state index in [9.17, 15) is 8.78 Å². The summed E-state index contributed by atoms with van der Waals surface area (Å²) in [5.41, 5.74) is 2.05. The quantitative estimate of drug-likeness (QED) is 0.856. The predicted molar refractivity (Wildman–Crippen MR) is 75.8 cm³/mol. The van der Waals surface area contributed by atoms with Crippen LogP contribution < -0.4 is 0 Å². The largest absolute Gasteiger partial charge is 0.396 e. The smallest absolute Gasteiger partial charge is 0.177 e. The van der Waals surface area contributed by atoms with Gasteiger partial charge in [0.1, 0.15) is 11.6 Å². The van der Waals surface area contributed by atoms with Gasteiger partial charge in [-0.1, -0.05) is 0 Å². The molecule has 0 saturated heterocycles. The monoisotopic (exact) mass is 308 g/mol. The number of aliphatic hydroxyl groups excluding tert-OH is 1. The Balaban J connectivity index is 1.81. The van der Waals surface area contributed by atoms with E-state index in [0.29, 0.717) is 23.3 Å². The zero-order valence-corrected chi connectivity index (χ0v) is 12.0. The molecule has 2 aliphatic rings. The molecule has 3 nitrogen and oxygen atoms in total. The van der Waals surface area contributed by atoms with Gasteiger partial charge in [0.25, 0.3) is 0 Å². The molecule has 6 heteroatoms. The number of imidazole rings is 1. The van der Waals surface area contributed by atoms with E-state index in [2.05, 4.69) is 4.98 Å². The maximum absolute atomic E-state index is 14.1. The van der Waals surface area contributed by atoms with E-state index in [1.165, 1.54) is 12.1 Å². The van der Waals surface area contributed by atoms with E-state index in [4.69, 9.17) is 17.3 Å². The summed E-state index contributed by atoms with van der Waals surface area (Å²) in [7, 11) is 0. The fourth-order valence-electron chi connectivity index (χ4n) is 3.77. The lowest BCUT2D eigenvalue weighted by atomic mass is 9.93. The summed E-state index contributed by atoms with van der Waals surface area (Å²) in [5, 5.41) is 9.15. The van der Waals surface area contributed by atoms with Gasteiger partial charge in [0.05, 0.1) is 0 Å². The lowest BCUT2D eigenvalue weighted by Gasteiger charge is -2.14. The van der Waals surface area contributed by atoms with E-state index < -0.39 is 5.82 Å². The highest BCUT2D eigenvalue weighted by Crippen LogP contribution is 2.66. The van der Waals surface area contributed by atoms with Crippen LogP contribution in [-0.4, -0.2) is 21.3 Å². The zero-order valence-electron chi connectivity index (χ0n) is 11.2. The topological polar surface area (TPSA) is 40.9 Å². The molecule has 2 atom stereocenters. The van der Waals surface area contributed by atoms with Crippen molar-refractivity contribution in [3.05, 3.63) is 51.6 Å². The molecule has 0 radical (unpaired) electrons. The molecule has 0 spiro atoms. The molecular formula is C15H14F2N2OS. The number of benzene rings is 1. The van der Waals surface area contributed by atoms with E-state index in [0.717, 1.165) is 23.9 Å². The van der Waals surface area contributed by atoms with Crippen LogP contribution in [0.1, 0.15) is 29.3 Å². The highest BCUT2D eigenvalue weighted by molar-refractivity contribution is 7.71. The minimum atomic E-state index is -0.413. The summed E-state index contributed by atoms with van der Waals surface area (Å²) in [6.45, 7) is 0.616. The maximum atomic E-state index is 14.1. The van der Waals surface area contributed by atoms with Crippen molar-refractivity contribution in [2.75, 3.05) is 6.61 Å². The minimum Gasteiger partial charge on any atom is -0.396 e. The molecule has 1 aromatic heterocycles. The molecule has 2 heterocycles. The molecule has 21 heavy (non-hydrogen) atoms. The number of hydrogen-bond acceptors (Lipinski definition) is 2. The average Bonchev–Trinajstić information content (AvgIpc) is 2.94. The number of halogens is 2. The van der Waals surface area contributed by atoms with Gasteiger partial charge in [0.2, 0.25) is 0 Å². The van der Waals surface area contributed by atoms with Crippen molar-refractivity contribution in [3.8, 4) is 0 Å². The van der Waals surface area contributed by atoms with Crippen molar-refractivity contribution in [2.24, 2.45) is 0 Å². The third-order valence-electron chi connectivity index (χ3n) is 4.78. The summed E-state index contributed by atoms with van der Waals surface area (Å²) in [6, 6.07) is 3.64. The minimum absolute atomic E-state index is 0.0380. The number of aromatic nitrogens is 2. The standard InChI is InChI=1S/C15H14F2N2OS/c16-8-1-2-11(17)9(5-8)15-6-10(15)13-12(3-4-20)18-14(21)19(13)7-15/h1-2,5,10,20H,3-4,6-7H2,(H,18,21)/t10?,15-/m1/s1. The van der Waals surface area contributed by atoms with Crippen LogP contribution in [0.15, 0.2) is 18.2 Å². The van der Waals surface area contributed by atoms with Crippen LogP contribution in [0.5, 0.6) is 0 Å². The first-order chi connectivity index (χ1) is 10.1. The average molecular weight is 308 g/mol. The van der Waals surface area contributed by atoms with E-state index in [1.807, 2.05) is 4.57 Å². The fourth-order valence-corrected chi connectivity index (χ4v) is 4.06. The van der Waals surface area contributed by atoms with Gasteiger partial charge in [0, 0.05) is 42.3 Å². The lowest BCUT2D eigenvalue weighted by molar-refractivity contribution is 0.298. The molecule has 1 fully saturated rings. The summed E-state index contributed by atoms with van der Waals surface area (Å²) >= 11 is 5.30. The Bertz CT molecular complexity index is 797. The fraction of sp³-hybridized carbons (Fsp3) is 0.400. The van der Waals surface area contributed by atoms with Gasteiger partial charge in [-0.15, -0.1) is 0 Å². The van der Waals surface area contributed by atoms with Crippen molar-refractivity contribution in [1.29, 1.82) is 0 Å². The summed E-state index contributed by atoms with van der Waals surface area (Å²) in [6.07, 6.45) is 1.31. The van der Waals surface area contributed by atoms with E-state index >= 15 is 0 Å². The number of fused-ring (bicyclic) bond motifs is 3. The normalized spacial score (nSPS) is 25.8. The molecule has 1 saturated carbocycles. The molecule has 1 unspecified atom stereocenters. The SMILES string of the molecule is OCCc1[nH]c(=S)n2c1C1C[C@]1(c1cc(F)ccc1F)C2. The second-order valence-electron chi connectivity index (χ2n) is 5.89. The summed E-state index contributed by atoms with van der Waals surface area (Å²) < 4.78 is 30.2. The second-order valence-corrected chi connectivity index (χ2v) is 6.28. The van der Waals surface area contributed by atoms with Crippen molar-refractivity contribution in [1.82, 2.24) is 9.55 Å². The van der Waals surface area contributed by atoms with Crippen LogP contribution in [0.25, 0.3) is 0 Å². The van der Waals surface area contributed by atoms with Crippen LogP contribution in [0.3, 0.4) is 0 Å². The van der Waals surface area contributed by atoms with Crippen molar-refractivity contribution in [3.63, 3.8) is 0 Å². The Hall–Kier alpha value is -1.53. The van der Waals surface area contributed by atoms with Gasteiger partial charge in [-0.05, 0) is 42.4 Å². The van der Waals surface area contributed by atoms with Crippen molar-refractivity contribution >= 4 is 12.2 Å². The second kappa shape index (κ2) is 4.24. The first-order valence-electron chi connectivity index (χ1n) is 6.95. The van der Waals surface area contributed by atoms with Gasteiger partial charge in [-0.25, -0.2) is 8.78 Å². The molecule has 110 valence electrons. The number of rotatable bonds is 3. The first kappa shape index (κ1) is 13.2. The Morgan fingerprint density at radius 3 is 3.00 bits per heavy atom. The third-order valence-corrected chi connectivity index (χ3v) is 5.10. The zero-order chi connectivity index (χ0) is 14.8. The van der Waals surface area contributed by atoms with Crippen molar-refractivity contribution < 1.29 is 13.9 Å². The Morgan fingerprint density at radius 2 is 2.24 bits per heavy atom. The predicted octanol–water partition coefficient (Wildman–Crippen LogP) is 2.80. The number of H-pyrrole nitrogens is 1. The summed E-state index contributed by atoms with van der Waals surface area (Å²) in [5.74, 6) is -0.615. The molecule has 1 aromatic carbocycles. The van der Waals surface area contributed by atoms with Crippen LogP contribution in [0, 0.1) is 16.4 Å². The van der Waals surface area contributed by atoms with Crippen LogP contribution in [0.4, 0.5) is 8.78 Å². The van der Waals surface area contributed by atoms with Gasteiger partial charge < -0.3 is 14.7 Å². The number of aromatic amines is 1. The highest BCUT2D eigenvalue weighted by Gasteiger charge is 2.63. The van der Waals surface area contributed by atoms with Gasteiger partial charge in [-0.2, -0.15) is 0 Å². The van der Waals surface area contributed by atoms with E-state index in [1.54, 1.807) is 0 Å². The molecule has 0 amide bonds. The molecule has 2 aromatic rings. The van der Waals surface area contributed by atoms with Crippen LogP contribution in [0.2, 0.25) is 0 Å². The van der Waals surface area contributed by atoms with E-state index in [-0.39, 0.29) is 23.8 Å². The van der Waals surface area contributed by atoms with Gasteiger partial charge in [-0.3, -0.25) is 0 Å². The van der Waals surface area contributed by atoms with Crippen molar-refractivity contribution in [2.45, 2.75) is 30.7 Å². The number of nitrogens with zero attached hydrogens (tertiary/aromatic N) is 1. The van der Waals surface area contributed by atoms with Gasteiger partial charge in [0.15, 0.2) is 4.77 Å². The molecular weight excluding hydrogens is 294 g/mol. The maximum Gasteiger partial charge on any atom is 0.177 e. The molecule has 0 bridgehead atoms. The lowest BCUT2D eigenvalue weighted by Crippen LogP contribution is -2.14. The summed E-state index contributed by atoms with van der Waals surface area (Å²) in [4.78, 5) is 3.12. The molecule has 4 rings (SSSR count). The molecule has 2 N–H and O–H groups in total. The molecule has 1 aliphatic heterocycles.